The number of imidazole rings is 1. The zero-order valence-electron chi connectivity index (χ0n) is 15.5. The lowest BCUT2D eigenvalue weighted by atomic mass is 9.86. The highest BCUT2D eigenvalue weighted by molar-refractivity contribution is 5.97. The lowest BCUT2D eigenvalue weighted by molar-refractivity contribution is -0.124. The number of hydrogen-bond donors (Lipinski definition) is 3. The number of amides is 2. The Hall–Kier alpha value is -2.61. The first-order valence-electron chi connectivity index (χ1n) is 8.68. The normalized spacial score (nSPS) is 15.2. The number of rotatable bonds is 4. The second kappa shape index (κ2) is 6.95. The first kappa shape index (κ1) is 18.2. The van der Waals surface area contributed by atoms with Gasteiger partial charge in [0.1, 0.15) is 18.1 Å². The lowest BCUT2D eigenvalue weighted by Crippen LogP contribution is -2.53. The van der Waals surface area contributed by atoms with Crippen LogP contribution in [0.15, 0.2) is 23.0 Å². The molecule has 8 heteroatoms. The zero-order valence-corrected chi connectivity index (χ0v) is 15.5. The fourth-order valence-corrected chi connectivity index (χ4v) is 3.12. The molecule has 1 atom stereocenters. The van der Waals surface area contributed by atoms with Crippen LogP contribution in [0.4, 0.5) is 0 Å². The van der Waals surface area contributed by atoms with Crippen LogP contribution in [0.3, 0.4) is 0 Å². The van der Waals surface area contributed by atoms with E-state index >= 15 is 0 Å². The minimum Gasteiger partial charge on any atom is -0.472 e. The molecule has 3 N–H and O–H groups in total. The van der Waals surface area contributed by atoms with Gasteiger partial charge in [0, 0.05) is 26.7 Å². The van der Waals surface area contributed by atoms with Crippen molar-refractivity contribution in [1.82, 2.24) is 25.5 Å². The zero-order chi connectivity index (χ0) is 18.9. The van der Waals surface area contributed by atoms with E-state index < -0.39 is 11.5 Å². The Morgan fingerprint density at radius 3 is 2.77 bits per heavy atom. The Kier molecular flexibility index (Phi) is 4.86. The molecule has 140 valence electrons. The van der Waals surface area contributed by atoms with E-state index in [1.807, 2.05) is 31.4 Å². The molecular weight excluding hydrogens is 334 g/mol. The van der Waals surface area contributed by atoms with Crippen LogP contribution < -0.4 is 16.0 Å². The SMILES string of the molecule is CNC(=O)C(NC(=O)c1nc(-c2ccoc2)n2c1CNCC2)C(C)(C)C. The van der Waals surface area contributed by atoms with E-state index in [0.29, 0.717) is 24.6 Å². The standard InChI is InChI=1S/C18H25N5O3/c1-18(2,3)14(17(25)19-4)22-16(24)13-12-9-20-6-7-23(12)15(21-13)11-5-8-26-10-11/h5,8,10,14,20H,6-7,9H2,1-4H3,(H,19,25)(H,22,24). The highest BCUT2D eigenvalue weighted by Gasteiger charge is 2.34. The summed E-state index contributed by atoms with van der Waals surface area (Å²) in [5.41, 5.74) is 1.55. The van der Waals surface area contributed by atoms with Crippen molar-refractivity contribution in [2.24, 2.45) is 5.41 Å². The summed E-state index contributed by atoms with van der Waals surface area (Å²) in [6, 6.07) is 1.16. The number of fused-ring (bicyclic) bond motifs is 1. The largest absolute Gasteiger partial charge is 0.472 e. The molecule has 3 heterocycles. The first-order valence-corrected chi connectivity index (χ1v) is 8.68. The van der Waals surface area contributed by atoms with Gasteiger partial charge in [-0.2, -0.15) is 0 Å². The van der Waals surface area contributed by atoms with E-state index in [1.165, 1.54) is 0 Å². The summed E-state index contributed by atoms with van der Waals surface area (Å²) in [5, 5.41) is 8.74. The summed E-state index contributed by atoms with van der Waals surface area (Å²) in [6.45, 7) is 7.80. The van der Waals surface area contributed by atoms with Crippen molar-refractivity contribution >= 4 is 11.8 Å². The predicted molar refractivity (Wildman–Crippen MR) is 96.4 cm³/mol. The quantitative estimate of drug-likeness (QED) is 0.760. The number of aromatic nitrogens is 2. The van der Waals surface area contributed by atoms with E-state index in [2.05, 4.69) is 20.9 Å². The van der Waals surface area contributed by atoms with Crippen LogP contribution in [-0.2, 0) is 17.9 Å². The first-order chi connectivity index (χ1) is 12.3. The number of nitrogens with zero attached hydrogens (tertiary/aromatic N) is 2. The third kappa shape index (κ3) is 3.37. The molecule has 2 aromatic rings. The van der Waals surface area contributed by atoms with Crippen molar-refractivity contribution in [3.05, 3.63) is 30.0 Å². The molecule has 2 amide bonds. The molecule has 0 fully saturated rings. The Morgan fingerprint density at radius 1 is 1.38 bits per heavy atom. The van der Waals surface area contributed by atoms with Crippen LogP contribution in [0, 0.1) is 5.41 Å². The molecule has 0 saturated carbocycles. The highest BCUT2D eigenvalue weighted by Crippen LogP contribution is 2.26. The Bertz CT molecular complexity index is 802. The van der Waals surface area contributed by atoms with Gasteiger partial charge in [-0.05, 0) is 11.5 Å². The second-order valence-electron chi connectivity index (χ2n) is 7.46. The molecule has 3 rings (SSSR count). The number of carbonyl (C=O) groups is 2. The smallest absolute Gasteiger partial charge is 0.272 e. The van der Waals surface area contributed by atoms with Crippen LogP contribution in [0.25, 0.3) is 11.4 Å². The molecule has 0 aromatic carbocycles. The molecule has 0 bridgehead atoms. The average Bonchev–Trinajstić information content (AvgIpc) is 3.25. The topological polar surface area (TPSA) is 101 Å². The summed E-state index contributed by atoms with van der Waals surface area (Å²) in [4.78, 5) is 29.8. The van der Waals surface area contributed by atoms with Gasteiger partial charge in [-0.3, -0.25) is 9.59 Å². The lowest BCUT2D eigenvalue weighted by Gasteiger charge is -2.29. The Morgan fingerprint density at radius 2 is 2.15 bits per heavy atom. The molecule has 1 aliphatic rings. The van der Waals surface area contributed by atoms with E-state index in [1.54, 1.807) is 19.6 Å². The van der Waals surface area contributed by atoms with Gasteiger partial charge < -0.3 is 24.9 Å². The number of furan rings is 1. The van der Waals surface area contributed by atoms with Gasteiger partial charge in [-0.15, -0.1) is 0 Å². The maximum absolute atomic E-state index is 13.0. The average molecular weight is 359 g/mol. The van der Waals surface area contributed by atoms with Crippen LogP contribution >= 0.6 is 0 Å². The Labute approximate surface area is 152 Å². The van der Waals surface area contributed by atoms with E-state index in [9.17, 15) is 9.59 Å². The number of carbonyl (C=O) groups excluding carboxylic acids is 2. The molecule has 8 nitrogen and oxygen atoms in total. The minimum atomic E-state index is -0.661. The highest BCUT2D eigenvalue weighted by atomic mass is 16.3. The van der Waals surface area contributed by atoms with Crippen molar-refractivity contribution in [3.63, 3.8) is 0 Å². The maximum atomic E-state index is 13.0. The van der Waals surface area contributed by atoms with Crippen LogP contribution in [-0.4, -0.2) is 41.0 Å². The summed E-state index contributed by atoms with van der Waals surface area (Å²) in [6.07, 6.45) is 3.20. The third-order valence-corrected chi connectivity index (χ3v) is 4.52. The number of hydrogen-bond acceptors (Lipinski definition) is 5. The minimum absolute atomic E-state index is 0.230. The molecule has 0 saturated heterocycles. The van der Waals surface area contributed by atoms with Crippen molar-refractivity contribution in [2.45, 2.75) is 39.9 Å². The van der Waals surface area contributed by atoms with Gasteiger partial charge in [-0.1, -0.05) is 20.8 Å². The second-order valence-corrected chi connectivity index (χ2v) is 7.46. The molecule has 1 aliphatic heterocycles. The van der Waals surface area contributed by atoms with Gasteiger partial charge in [0.25, 0.3) is 5.91 Å². The van der Waals surface area contributed by atoms with Crippen molar-refractivity contribution in [1.29, 1.82) is 0 Å². The Balaban J connectivity index is 1.96. The fourth-order valence-electron chi connectivity index (χ4n) is 3.12. The number of nitrogens with one attached hydrogen (secondary N) is 3. The summed E-state index contributed by atoms with van der Waals surface area (Å²) in [7, 11) is 1.56. The van der Waals surface area contributed by atoms with Crippen LogP contribution in [0.2, 0.25) is 0 Å². The van der Waals surface area contributed by atoms with E-state index in [0.717, 1.165) is 17.8 Å². The molecule has 1 unspecified atom stereocenters. The van der Waals surface area contributed by atoms with E-state index in [-0.39, 0.29) is 11.8 Å². The van der Waals surface area contributed by atoms with Gasteiger partial charge in [0.2, 0.25) is 5.91 Å². The van der Waals surface area contributed by atoms with Crippen LogP contribution in [0.5, 0.6) is 0 Å². The molecule has 0 aliphatic carbocycles. The molecule has 2 aromatic heterocycles. The van der Waals surface area contributed by atoms with E-state index in [4.69, 9.17) is 4.42 Å². The van der Waals surface area contributed by atoms with Gasteiger partial charge in [0.05, 0.1) is 17.5 Å². The molecule has 26 heavy (non-hydrogen) atoms. The van der Waals surface area contributed by atoms with Crippen molar-refractivity contribution in [3.8, 4) is 11.4 Å². The van der Waals surface area contributed by atoms with Gasteiger partial charge in [-0.25, -0.2) is 4.98 Å². The van der Waals surface area contributed by atoms with Gasteiger partial charge in [0.15, 0.2) is 5.69 Å². The monoisotopic (exact) mass is 359 g/mol. The predicted octanol–water partition coefficient (Wildman–Crippen LogP) is 1.14. The van der Waals surface area contributed by atoms with Crippen molar-refractivity contribution in [2.75, 3.05) is 13.6 Å². The number of likely N-dealkylation sites (N-methyl/N-ethyl adjacent to an activating group) is 1. The van der Waals surface area contributed by atoms with Crippen LogP contribution in [0.1, 0.15) is 37.0 Å². The van der Waals surface area contributed by atoms with Crippen molar-refractivity contribution < 1.29 is 14.0 Å². The van der Waals surface area contributed by atoms with Gasteiger partial charge >= 0.3 is 0 Å². The summed E-state index contributed by atoms with van der Waals surface area (Å²) in [5.74, 6) is 0.121. The fraction of sp³-hybridized carbons (Fsp3) is 0.500. The summed E-state index contributed by atoms with van der Waals surface area (Å²) < 4.78 is 7.19. The molecule has 0 radical (unpaired) electrons. The maximum Gasteiger partial charge on any atom is 0.272 e. The molecular formula is C18H25N5O3. The third-order valence-electron chi connectivity index (χ3n) is 4.52. The summed E-state index contributed by atoms with van der Waals surface area (Å²) >= 11 is 0. The molecule has 0 spiro atoms.